The Morgan fingerprint density at radius 3 is 2.41 bits per heavy atom. The average Bonchev–Trinajstić information content (AvgIpc) is 2.80. The molecular formula is C24H21ClF2N5OP. The Labute approximate surface area is 200 Å². The number of pyridine rings is 1. The summed E-state index contributed by atoms with van der Waals surface area (Å²) in [6.45, 7) is 5.13. The number of anilines is 1. The molecule has 1 atom stereocenters. The second-order valence-corrected chi connectivity index (χ2v) is 12.4. The van der Waals surface area contributed by atoms with E-state index in [0.29, 0.717) is 38.8 Å². The fourth-order valence-corrected chi connectivity index (χ4v) is 4.55. The van der Waals surface area contributed by atoms with E-state index in [1.165, 1.54) is 42.9 Å². The van der Waals surface area contributed by atoms with Gasteiger partial charge < -0.3 is 0 Å². The van der Waals surface area contributed by atoms with Gasteiger partial charge in [0.05, 0.1) is 11.6 Å². The maximum absolute atomic E-state index is 15.0. The van der Waals surface area contributed by atoms with Crippen molar-refractivity contribution in [3.63, 3.8) is 0 Å². The first-order chi connectivity index (χ1) is 16.1. The number of hydrogen-bond donors (Lipinski definition) is 2. The Bertz CT molecular complexity index is 1430. The van der Waals surface area contributed by atoms with E-state index in [2.05, 4.69) is 20.3 Å². The van der Waals surface area contributed by atoms with Crippen LogP contribution in [0, 0.1) is 23.0 Å². The van der Waals surface area contributed by atoms with Crippen LogP contribution in [0.1, 0.15) is 24.1 Å². The standard InChI is InChI=1S/C24H21ClF2N5OP/c1-13(16-6-14(9-28)4-5-20(16)26)32-23-18-7-17(21(27)8-22(18)29-12-19(23)25)15-10-30-24(31-11-15)34(2,3)33/h4-8,10-13,33-34H,1-3H3,(H,29,32)/t13-/m1/s1. The van der Waals surface area contributed by atoms with Gasteiger partial charge in [-0.2, -0.15) is 5.26 Å². The van der Waals surface area contributed by atoms with Crippen LogP contribution in [-0.2, 0) is 0 Å². The molecule has 0 bridgehead atoms. The van der Waals surface area contributed by atoms with Gasteiger partial charge in [0, 0.05) is 0 Å². The molecule has 0 saturated heterocycles. The van der Waals surface area contributed by atoms with E-state index in [-0.39, 0.29) is 10.6 Å². The molecule has 0 amide bonds. The molecule has 0 fully saturated rings. The first-order valence-corrected chi connectivity index (χ1v) is 13.7. The summed E-state index contributed by atoms with van der Waals surface area (Å²) in [5.74, 6) is -0.987. The molecule has 2 N–H and O–H groups in total. The van der Waals surface area contributed by atoms with Crippen molar-refractivity contribution in [2.75, 3.05) is 18.6 Å². The first kappa shape index (κ1) is 23.9. The van der Waals surface area contributed by atoms with E-state index in [4.69, 9.17) is 16.9 Å². The third-order valence-electron chi connectivity index (χ3n) is 5.37. The minimum Gasteiger partial charge on any atom is -0.207 e. The molecule has 4 aromatic rings. The van der Waals surface area contributed by atoms with Crippen molar-refractivity contribution in [1.82, 2.24) is 15.0 Å². The molecule has 174 valence electrons. The van der Waals surface area contributed by atoms with E-state index < -0.39 is 25.2 Å². The third-order valence-corrected chi connectivity index (χ3v) is 7.01. The second-order valence-electron chi connectivity index (χ2n) is 8.40. The van der Waals surface area contributed by atoms with E-state index >= 15 is 0 Å². The van der Waals surface area contributed by atoms with Crippen LogP contribution in [0.2, 0.25) is 5.02 Å². The Morgan fingerprint density at radius 2 is 1.76 bits per heavy atom. The molecule has 2 aromatic carbocycles. The zero-order valence-corrected chi connectivity index (χ0v) is 20.3. The minimum atomic E-state index is -2.70. The molecule has 4 rings (SSSR count). The zero-order chi connectivity index (χ0) is 24.6. The minimum absolute atomic E-state index is 0.230. The van der Waals surface area contributed by atoms with Crippen LogP contribution in [0.25, 0.3) is 22.0 Å². The topological polar surface area (TPSA) is 94.7 Å². The molecule has 0 aliphatic rings. The molecule has 0 aliphatic heterocycles. The van der Waals surface area contributed by atoms with Gasteiger partial charge in [0.1, 0.15) is 0 Å². The van der Waals surface area contributed by atoms with Crippen molar-refractivity contribution in [3.05, 3.63) is 76.7 Å². The first-order valence-electron chi connectivity index (χ1n) is 10.4. The summed E-state index contributed by atoms with van der Waals surface area (Å²) in [5, 5.41) is 13.1. The molecular weight excluding hydrogens is 479 g/mol. The number of halogens is 3. The van der Waals surface area contributed by atoms with Crippen LogP contribution >= 0.6 is 19.1 Å². The fraction of sp³-hybridized carbons (Fsp3) is 0.167. The van der Waals surface area contributed by atoms with Gasteiger partial charge in [-0.1, -0.05) is 0 Å². The molecule has 2 heterocycles. The normalized spacial score (nSPS) is 12.9. The summed E-state index contributed by atoms with van der Waals surface area (Å²) in [7, 11) is -2.70. The second kappa shape index (κ2) is 9.19. The number of nitriles is 1. The van der Waals surface area contributed by atoms with Crippen molar-refractivity contribution in [3.8, 4) is 17.2 Å². The van der Waals surface area contributed by atoms with Crippen molar-refractivity contribution in [1.29, 1.82) is 5.26 Å². The Kier molecular flexibility index (Phi) is 6.46. The molecule has 6 nitrogen and oxygen atoms in total. The van der Waals surface area contributed by atoms with Gasteiger partial charge >= 0.3 is 167 Å². The molecule has 10 heteroatoms. The van der Waals surface area contributed by atoms with Crippen molar-refractivity contribution in [2.45, 2.75) is 13.0 Å². The summed E-state index contributed by atoms with van der Waals surface area (Å²) in [6, 6.07) is 8.44. The summed E-state index contributed by atoms with van der Waals surface area (Å²) in [4.78, 5) is 22.8. The van der Waals surface area contributed by atoms with E-state index in [9.17, 15) is 13.7 Å². The third kappa shape index (κ3) is 4.69. The van der Waals surface area contributed by atoms with Crippen LogP contribution in [-0.4, -0.2) is 33.2 Å². The molecule has 0 unspecified atom stereocenters. The average molecular weight is 500 g/mol. The molecule has 2 aromatic heterocycles. The quantitative estimate of drug-likeness (QED) is 0.366. The van der Waals surface area contributed by atoms with E-state index in [0.717, 1.165) is 0 Å². The van der Waals surface area contributed by atoms with Crippen molar-refractivity contribution < 1.29 is 13.7 Å². The predicted molar refractivity (Wildman–Crippen MR) is 133 cm³/mol. The van der Waals surface area contributed by atoms with Gasteiger partial charge in [0.2, 0.25) is 0 Å². The zero-order valence-electron chi connectivity index (χ0n) is 18.6. The summed E-state index contributed by atoms with van der Waals surface area (Å²) >= 11 is 6.43. The van der Waals surface area contributed by atoms with Crippen LogP contribution < -0.4 is 10.9 Å². The SMILES string of the molecule is C[C@@H](Nc1c(Cl)cnc2cc(F)c(-c3cnc([PH](C)(C)O)nc3)cc12)c1cc(C#N)ccc1F. The maximum atomic E-state index is 15.0. The molecule has 0 aliphatic carbocycles. The Balaban J connectivity index is 1.79. The molecule has 34 heavy (non-hydrogen) atoms. The van der Waals surface area contributed by atoms with Gasteiger partial charge in [-0.3, -0.25) is 0 Å². The monoisotopic (exact) mass is 499 g/mol. The number of hydrogen-bond acceptors (Lipinski definition) is 6. The summed E-state index contributed by atoms with van der Waals surface area (Å²) in [5.41, 5.74) is 2.43. The Hall–Kier alpha value is -3.24. The number of benzene rings is 2. The van der Waals surface area contributed by atoms with Gasteiger partial charge in [-0.15, -0.1) is 0 Å². The van der Waals surface area contributed by atoms with Gasteiger partial charge in [0.15, 0.2) is 0 Å². The van der Waals surface area contributed by atoms with Gasteiger partial charge in [-0.05, 0) is 12.1 Å². The van der Waals surface area contributed by atoms with Gasteiger partial charge in [-0.25, -0.2) is 4.39 Å². The van der Waals surface area contributed by atoms with Crippen LogP contribution in [0.4, 0.5) is 14.5 Å². The fourth-order valence-electron chi connectivity index (χ4n) is 3.58. The molecule has 0 spiro atoms. The predicted octanol–water partition coefficient (Wildman–Crippen LogP) is 5.21. The van der Waals surface area contributed by atoms with Crippen LogP contribution in [0.5, 0.6) is 0 Å². The summed E-state index contributed by atoms with van der Waals surface area (Å²) in [6.07, 6.45) is 4.33. The number of nitrogens with zero attached hydrogens (tertiary/aromatic N) is 4. The van der Waals surface area contributed by atoms with Gasteiger partial charge in [0.25, 0.3) is 0 Å². The summed E-state index contributed by atoms with van der Waals surface area (Å²) < 4.78 is 29.4. The van der Waals surface area contributed by atoms with Crippen molar-refractivity contribution >= 4 is 41.2 Å². The molecule has 0 saturated carbocycles. The Morgan fingerprint density at radius 1 is 1.06 bits per heavy atom. The number of rotatable bonds is 5. The number of aromatic nitrogens is 3. The van der Waals surface area contributed by atoms with Crippen LogP contribution in [0.3, 0.4) is 0 Å². The van der Waals surface area contributed by atoms with E-state index in [1.807, 2.05) is 6.07 Å². The number of fused-ring (bicyclic) bond motifs is 1. The van der Waals surface area contributed by atoms with Crippen molar-refractivity contribution in [2.24, 2.45) is 0 Å². The molecule has 0 radical (unpaired) electrons. The van der Waals surface area contributed by atoms with Crippen LogP contribution in [0.15, 0.2) is 48.9 Å². The number of nitrogens with one attached hydrogen (secondary N) is 1. The van der Waals surface area contributed by atoms with E-state index in [1.54, 1.807) is 26.3 Å². The smallest absolute Gasteiger partial charge is 0.207 e.